The highest BCUT2D eigenvalue weighted by Crippen LogP contribution is 2.32. The Balaban J connectivity index is 2.25. The van der Waals surface area contributed by atoms with Crippen LogP contribution in [0.25, 0.3) is 0 Å². The molecular formula is C14H21NO. The fraction of sp³-hybridized carbons (Fsp3) is 0.571. The second-order valence-electron chi connectivity index (χ2n) is 5.40. The van der Waals surface area contributed by atoms with Crippen LogP contribution in [-0.2, 0) is 12.8 Å². The Morgan fingerprint density at radius 2 is 2.06 bits per heavy atom. The summed E-state index contributed by atoms with van der Waals surface area (Å²) in [4.78, 5) is 0. The molecule has 0 spiro atoms. The summed E-state index contributed by atoms with van der Waals surface area (Å²) in [6, 6.07) is 6.40. The highest BCUT2D eigenvalue weighted by atomic mass is 16.5. The van der Waals surface area contributed by atoms with E-state index in [4.69, 9.17) is 10.5 Å². The molecule has 0 bridgehead atoms. The van der Waals surface area contributed by atoms with Gasteiger partial charge < -0.3 is 10.5 Å². The highest BCUT2D eigenvalue weighted by molar-refractivity contribution is 5.37. The van der Waals surface area contributed by atoms with Crippen molar-refractivity contribution in [2.75, 3.05) is 7.11 Å². The van der Waals surface area contributed by atoms with Gasteiger partial charge in [-0.25, -0.2) is 0 Å². The van der Waals surface area contributed by atoms with Gasteiger partial charge in [0.1, 0.15) is 5.75 Å². The Kier molecular flexibility index (Phi) is 2.94. The predicted octanol–water partition coefficient (Wildman–Crippen LogP) is 2.54. The number of rotatable bonds is 2. The molecule has 0 heterocycles. The van der Waals surface area contributed by atoms with Crippen molar-refractivity contribution < 1.29 is 4.74 Å². The quantitative estimate of drug-likeness (QED) is 0.829. The molecular weight excluding hydrogens is 198 g/mol. The maximum atomic E-state index is 6.21. The van der Waals surface area contributed by atoms with Crippen LogP contribution in [-0.4, -0.2) is 12.6 Å². The number of benzene rings is 1. The molecule has 0 aliphatic heterocycles. The number of nitrogens with two attached hydrogens (primary N) is 1. The molecule has 1 aliphatic rings. The lowest BCUT2D eigenvalue weighted by Gasteiger charge is -2.34. The Labute approximate surface area is 97.8 Å². The van der Waals surface area contributed by atoms with Crippen LogP contribution in [0.3, 0.4) is 0 Å². The average molecular weight is 219 g/mol. The summed E-state index contributed by atoms with van der Waals surface area (Å²) < 4.78 is 5.27. The van der Waals surface area contributed by atoms with Crippen molar-refractivity contribution >= 4 is 0 Å². The lowest BCUT2D eigenvalue weighted by molar-refractivity contribution is 0.288. The Hall–Kier alpha value is -1.02. The molecule has 1 atom stereocenters. The third-order valence-corrected chi connectivity index (χ3v) is 3.69. The first-order valence-electron chi connectivity index (χ1n) is 5.95. The average Bonchev–Trinajstić information content (AvgIpc) is 2.26. The molecule has 0 aromatic heterocycles. The number of fused-ring (bicyclic) bond motifs is 1. The molecule has 88 valence electrons. The minimum Gasteiger partial charge on any atom is -0.497 e. The molecule has 0 saturated carbocycles. The van der Waals surface area contributed by atoms with Gasteiger partial charge in [-0.1, -0.05) is 6.07 Å². The van der Waals surface area contributed by atoms with E-state index in [1.165, 1.54) is 17.5 Å². The summed E-state index contributed by atoms with van der Waals surface area (Å²) in [7, 11) is 1.72. The van der Waals surface area contributed by atoms with Crippen molar-refractivity contribution in [1.29, 1.82) is 0 Å². The molecule has 2 heteroatoms. The van der Waals surface area contributed by atoms with E-state index in [1.54, 1.807) is 7.11 Å². The molecule has 0 saturated heterocycles. The lowest BCUT2D eigenvalue weighted by atomic mass is 9.75. The van der Waals surface area contributed by atoms with Gasteiger partial charge in [0.15, 0.2) is 0 Å². The lowest BCUT2D eigenvalue weighted by Crippen LogP contribution is -2.43. The SMILES string of the molecule is COc1ccc2c(c1)CC(C(C)(C)N)CC2. The van der Waals surface area contributed by atoms with Gasteiger partial charge >= 0.3 is 0 Å². The second kappa shape index (κ2) is 4.10. The van der Waals surface area contributed by atoms with Gasteiger partial charge in [-0.2, -0.15) is 0 Å². The maximum absolute atomic E-state index is 6.21. The minimum atomic E-state index is -0.0826. The van der Waals surface area contributed by atoms with Crippen molar-refractivity contribution in [2.24, 2.45) is 11.7 Å². The summed E-state index contributed by atoms with van der Waals surface area (Å²) >= 11 is 0. The predicted molar refractivity (Wildman–Crippen MR) is 66.8 cm³/mol. The summed E-state index contributed by atoms with van der Waals surface area (Å²) in [5, 5.41) is 0. The van der Waals surface area contributed by atoms with Crippen LogP contribution in [0.2, 0.25) is 0 Å². The molecule has 2 rings (SSSR count). The maximum Gasteiger partial charge on any atom is 0.119 e. The van der Waals surface area contributed by atoms with E-state index in [0.717, 1.165) is 18.6 Å². The smallest absolute Gasteiger partial charge is 0.119 e. The second-order valence-corrected chi connectivity index (χ2v) is 5.40. The van der Waals surface area contributed by atoms with Crippen LogP contribution in [0, 0.1) is 5.92 Å². The molecule has 0 amide bonds. The standard InChI is InChI=1S/C14H21NO/c1-14(2,15)12-6-4-10-5-7-13(16-3)9-11(10)8-12/h5,7,9,12H,4,6,8,15H2,1-3H3. The van der Waals surface area contributed by atoms with E-state index >= 15 is 0 Å². The zero-order chi connectivity index (χ0) is 11.8. The van der Waals surface area contributed by atoms with Gasteiger partial charge in [0, 0.05) is 5.54 Å². The van der Waals surface area contributed by atoms with Gasteiger partial charge in [0.2, 0.25) is 0 Å². The fourth-order valence-corrected chi connectivity index (χ4v) is 2.50. The summed E-state index contributed by atoms with van der Waals surface area (Å²) in [5.74, 6) is 1.53. The van der Waals surface area contributed by atoms with Crippen molar-refractivity contribution in [3.05, 3.63) is 29.3 Å². The third-order valence-electron chi connectivity index (χ3n) is 3.69. The first-order chi connectivity index (χ1) is 7.50. The van der Waals surface area contributed by atoms with Crippen LogP contribution in [0.15, 0.2) is 18.2 Å². The number of hydrogen-bond donors (Lipinski definition) is 1. The van der Waals surface area contributed by atoms with E-state index < -0.39 is 0 Å². The first-order valence-corrected chi connectivity index (χ1v) is 5.95. The van der Waals surface area contributed by atoms with Gasteiger partial charge in [-0.05, 0) is 62.3 Å². The van der Waals surface area contributed by atoms with Gasteiger partial charge in [0.25, 0.3) is 0 Å². The molecule has 2 N–H and O–H groups in total. The Morgan fingerprint density at radius 1 is 1.31 bits per heavy atom. The molecule has 16 heavy (non-hydrogen) atoms. The van der Waals surface area contributed by atoms with Gasteiger partial charge in [0.05, 0.1) is 7.11 Å². The topological polar surface area (TPSA) is 35.2 Å². The Bertz CT molecular complexity index is 379. The zero-order valence-electron chi connectivity index (χ0n) is 10.4. The van der Waals surface area contributed by atoms with Crippen LogP contribution >= 0.6 is 0 Å². The van der Waals surface area contributed by atoms with Gasteiger partial charge in [-0.15, -0.1) is 0 Å². The number of ether oxygens (including phenoxy) is 1. The van der Waals surface area contributed by atoms with E-state index in [-0.39, 0.29) is 5.54 Å². The van der Waals surface area contributed by atoms with Crippen LogP contribution < -0.4 is 10.5 Å². The van der Waals surface area contributed by atoms with Gasteiger partial charge in [-0.3, -0.25) is 0 Å². The molecule has 0 fully saturated rings. The van der Waals surface area contributed by atoms with Crippen molar-refractivity contribution in [2.45, 2.75) is 38.6 Å². The monoisotopic (exact) mass is 219 g/mol. The summed E-state index contributed by atoms with van der Waals surface area (Å²) in [5.41, 5.74) is 8.99. The molecule has 0 radical (unpaired) electrons. The van der Waals surface area contributed by atoms with E-state index in [0.29, 0.717) is 5.92 Å². The number of hydrogen-bond acceptors (Lipinski definition) is 2. The normalized spacial score (nSPS) is 20.4. The van der Waals surface area contributed by atoms with Crippen LogP contribution in [0.1, 0.15) is 31.4 Å². The molecule has 1 aliphatic carbocycles. The summed E-state index contributed by atoms with van der Waals surface area (Å²) in [6.45, 7) is 4.26. The Morgan fingerprint density at radius 3 is 2.69 bits per heavy atom. The molecule has 1 aromatic carbocycles. The van der Waals surface area contributed by atoms with Crippen molar-refractivity contribution in [1.82, 2.24) is 0 Å². The van der Waals surface area contributed by atoms with Crippen molar-refractivity contribution in [3.63, 3.8) is 0 Å². The van der Waals surface area contributed by atoms with Crippen LogP contribution in [0.5, 0.6) is 5.75 Å². The summed E-state index contributed by atoms with van der Waals surface area (Å²) in [6.07, 6.45) is 3.42. The molecule has 1 aromatic rings. The highest BCUT2D eigenvalue weighted by Gasteiger charge is 2.29. The third kappa shape index (κ3) is 2.22. The number of methoxy groups -OCH3 is 1. The zero-order valence-corrected chi connectivity index (χ0v) is 10.4. The van der Waals surface area contributed by atoms with E-state index in [2.05, 4.69) is 26.0 Å². The van der Waals surface area contributed by atoms with Crippen molar-refractivity contribution in [3.8, 4) is 5.75 Å². The minimum absolute atomic E-state index is 0.0826. The largest absolute Gasteiger partial charge is 0.497 e. The fourth-order valence-electron chi connectivity index (χ4n) is 2.50. The first kappa shape index (κ1) is 11.5. The van der Waals surface area contributed by atoms with Crippen LogP contribution in [0.4, 0.5) is 0 Å². The van der Waals surface area contributed by atoms with E-state index in [1.807, 2.05) is 6.07 Å². The molecule has 1 unspecified atom stereocenters. The number of aryl methyl sites for hydroxylation is 1. The van der Waals surface area contributed by atoms with E-state index in [9.17, 15) is 0 Å². The molecule has 2 nitrogen and oxygen atoms in total.